The van der Waals surface area contributed by atoms with Crippen LogP contribution in [0.1, 0.15) is 10.4 Å². The van der Waals surface area contributed by atoms with Crippen LogP contribution in [0.2, 0.25) is 0 Å². The van der Waals surface area contributed by atoms with Gasteiger partial charge >= 0.3 is 0 Å². The van der Waals surface area contributed by atoms with Crippen molar-refractivity contribution in [3.63, 3.8) is 0 Å². The molecule has 2 rings (SSSR count). The van der Waals surface area contributed by atoms with Gasteiger partial charge in [0.15, 0.2) is 0 Å². The van der Waals surface area contributed by atoms with Gasteiger partial charge in [0, 0.05) is 25.8 Å². The van der Waals surface area contributed by atoms with Gasteiger partial charge in [-0.15, -0.1) is 0 Å². The van der Waals surface area contributed by atoms with Crippen molar-refractivity contribution in [3.05, 3.63) is 23.9 Å². The van der Waals surface area contributed by atoms with Crippen molar-refractivity contribution >= 4 is 11.7 Å². The van der Waals surface area contributed by atoms with Crippen LogP contribution in [-0.4, -0.2) is 55.2 Å². The van der Waals surface area contributed by atoms with E-state index in [0.717, 1.165) is 25.5 Å². The van der Waals surface area contributed by atoms with Gasteiger partial charge in [0.25, 0.3) is 0 Å². The highest BCUT2D eigenvalue weighted by atomic mass is 16.5. The molecule has 18 heavy (non-hydrogen) atoms. The van der Waals surface area contributed by atoms with E-state index in [0.29, 0.717) is 12.1 Å². The van der Waals surface area contributed by atoms with E-state index in [1.54, 1.807) is 12.1 Å². The molecule has 1 aliphatic rings. The highest BCUT2D eigenvalue weighted by Crippen LogP contribution is 2.07. The zero-order valence-corrected chi connectivity index (χ0v) is 10.4. The third-order valence-corrected chi connectivity index (χ3v) is 2.90. The first-order chi connectivity index (χ1) is 8.65. The van der Waals surface area contributed by atoms with Crippen molar-refractivity contribution in [2.45, 2.75) is 6.10 Å². The number of pyridine rings is 1. The molecule has 0 bridgehead atoms. The van der Waals surface area contributed by atoms with Crippen molar-refractivity contribution in [3.8, 4) is 0 Å². The lowest BCUT2D eigenvalue weighted by Gasteiger charge is -2.30. The molecular formula is C12H18N4O2. The first-order valence-electron chi connectivity index (χ1n) is 5.95. The summed E-state index contributed by atoms with van der Waals surface area (Å²) < 4.78 is 5.63. The average Bonchev–Trinajstić information content (AvgIpc) is 2.37. The monoisotopic (exact) mass is 250 g/mol. The zero-order valence-electron chi connectivity index (χ0n) is 10.4. The molecular weight excluding hydrogens is 232 g/mol. The molecule has 0 unspecified atom stereocenters. The van der Waals surface area contributed by atoms with Crippen LogP contribution in [0.4, 0.5) is 5.82 Å². The van der Waals surface area contributed by atoms with E-state index in [9.17, 15) is 4.79 Å². The molecule has 1 aliphatic heterocycles. The van der Waals surface area contributed by atoms with Crippen LogP contribution in [0, 0.1) is 0 Å². The number of hydrogen-bond acceptors (Lipinski definition) is 5. The Bertz CT molecular complexity index is 407. The third-order valence-electron chi connectivity index (χ3n) is 2.90. The lowest BCUT2D eigenvalue weighted by Crippen LogP contribution is -2.43. The van der Waals surface area contributed by atoms with E-state index >= 15 is 0 Å². The molecule has 0 aliphatic carbocycles. The molecule has 0 aromatic carbocycles. The average molecular weight is 250 g/mol. The summed E-state index contributed by atoms with van der Waals surface area (Å²) in [6.07, 6.45) is 1.64. The highest BCUT2D eigenvalue weighted by Gasteiger charge is 2.17. The molecule has 1 amide bonds. The molecule has 0 saturated carbocycles. The number of carbonyl (C=O) groups excluding carboxylic acids is 1. The largest absolute Gasteiger partial charge is 0.374 e. The van der Waals surface area contributed by atoms with Gasteiger partial charge in [-0.3, -0.25) is 4.79 Å². The van der Waals surface area contributed by atoms with Crippen LogP contribution in [0.25, 0.3) is 0 Å². The Morgan fingerprint density at radius 3 is 3.11 bits per heavy atom. The normalized spacial score (nSPS) is 20.6. The Balaban J connectivity index is 1.84. The van der Waals surface area contributed by atoms with Gasteiger partial charge in [-0.25, -0.2) is 4.98 Å². The molecule has 2 heterocycles. The molecule has 3 N–H and O–H groups in total. The van der Waals surface area contributed by atoms with Gasteiger partial charge in [0.2, 0.25) is 5.91 Å². The Kier molecular flexibility index (Phi) is 4.11. The Morgan fingerprint density at radius 1 is 1.67 bits per heavy atom. The number of nitrogens with zero attached hydrogens (tertiary/aromatic N) is 2. The maximum Gasteiger partial charge on any atom is 0.250 e. The Labute approximate surface area is 106 Å². The number of aromatic nitrogens is 1. The van der Waals surface area contributed by atoms with Crippen molar-refractivity contribution in [1.29, 1.82) is 0 Å². The summed E-state index contributed by atoms with van der Waals surface area (Å²) in [6.45, 7) is 3.35. The predicted molar refractivity (Wildman–Crippen MR) is 68.5 cm³/mol. The molecule has 1 aromatic rings. The van der Waals surface area contributed by atoms with Crippen LogP contribution in [0.5, 0.6) is 0 Å². The van der Waals surface area contributed by atoms with Crippen molar-refractivity contribution in [2.75, 3.05) is 38.6 Å². The van der Waals surface area contributed by atoms with E-state index in [2.05, 4.69) is 22.2 Å². The number of anilines is 1. The summed E-state index contributed by atoms with van der Waals surface area (Å²) in [5.74, 6) is 0.253. The Morgan fingerprint density at radius 2 is 2.50 bits per heavy atom. The molecule has 1 fully saturated rings. The molecule has 1 aromatic heterocycles. The molecule has 6 heteroatoms. The second-order valence-electron chi connectivity index (χ2n) is 4.43. The number of morpholine rings is 1. The number of hydrogen-bond donors (Lipinski definition) is 2. The number of likely N-dealkylation sites (N-methyl/N-ethyl adjacent to an activating group) is 1. The van der Waals surface area contributed by atoms with E-state index < -0.39 is 5.91 Å². The number of primary amides is 1. The fourth-order valence-corrected chi connectivity index (χ4v) is 1.85. The number of amides is 1. The van der Waals surface area contributed by atoms with Crippen molar-refractivity contribution in [2.24, 2.45) is 5.73 Å². The summed E-state index contributed by atoms with van der Waals surface area (Å²) >= 11 is 0. The number of carbonyl (C=O) groups is 1. The maximum atomic E-state index is 10.9. The van der Waals surface area contributed by atoms with Crippen molar-refractivity contribution < 1.29 is 9.53 Å². The summed E-state index contributed by atoms with van der Waals surface area (Å²) in [5, 5.41) is 3.19. The fraction of sp³-hybridized carbons (Fsp3) is 0.500. The molecule has 1 atom stereocenters. The van der Waals surface area contributed by atoms with Gasteiger partial charge in [-0.05, 0) is 19.2 Å². The van der Waals surface area contributed by atoms with Crippen LogP contribution >= 0.6 is 0 Å². The molecule has 1 saturated heterocycles. The molecule has 0 spiro atoms. The number of ether oxygens (including phenoxy) is 1. The number of rotatable bonds is 4. The first-order valence-corrected chi connectivity index (χ1v) is 5.95. The number of nitrogens with two attached hydrogens (primary N) is 1. The smallest absolute Gasteiger partial charge is 0.250 e. The SMILES string of the molecule is CN1CCO[C@@H](CNc2ccc(C(N)=O)cn2)C1. The standard InChI is InChI=1S/C12H18N4O2/c1-16-4-5-18-10(8-16)7-15-11-3-2-9(6-14-11)12(13)17/h2-3,6,10H,4-5,7-8H2,1H3,(H2,13,17)(H,14,15)/t10-/m0/s1. The minimum atomic E-state index is -0.466. The van der Waals surface area contributed by atoms with Gasteiger partial charge in [-0.2, -0.15) is 0 Å². The van der Waals surface area contributed by atoms with Crippen molar-refractivity contribution in [1.82, 2.24) is 9.88 Å². The van der Waals surface area contributed by atoms with E-state index in [1.165, 1.54) is 6.20 Å². The summed E-state index contributed by atoms with van der Waals surface area (Å²) in [5.41, 5.74) is 5.56. The lowest BCUT2D eigenvalue weighted by molar-refractivity contribution is -0.0117. The Hall–Kier alpha value is -1.66. The lowest BCUT2D eigenvalue weighted by atomic mass is 10.2. The quantitative estimate of drug-likeness (QED) is 0.781. The van der Waals surface area contributed by atoms with Gasteiger partial charge in [0.05, 0.1) is 18.3 Å². The van der Waals surface area contributed by atoms with Crippen LogP contribution in [0.3, 0.4) is 0 Å². The van der Waals surface area contributed by atoms with Crippen LogP contribution in [-0.2, 0) is 4.74 Å². The third kappa shape index (κ3) is 3.41. The van der Waals surface area contributed by atoms with E-state index in [4.69, 9.17) is 10.5 Å². The zero-order chi connectivity index (χ0) is 13.0. The second-order valence-corrected chi connectivity index (χ2v) is 4.43. The molecule has 6 nitrogen and oxygen atoms in total. The van der Waals surface area contributed by atoms with Crippen LogP contribution < -0.4 is 11.1 Å². The van der Waals surface area contributed by atoms with Gasteiger partial charge in [0.1, 0.15) is 5.82 Å². The van der Waals surface area contributed by atoms with E-state index in [1.807, 2.05) is 0 Å². The summed E-state index contributed by atoms with van der Waals surface area (Å²) in [6, 6.07) is 3.40. The topological polar surface area (TPSA) is 80.5 Å². The summed E-state index contributed by atoms with van der Waals surface area (Å²) in [7, 11) is 2.08. The fourth-order valence-electron chi connectivity index (χ4n) is 1.85. The minimum absolute atomic E-state index is 0.168. The number of nitrogens with one attached hydrogen (secondary N) is 1. The summed E-state index contributed by atoms with van der Waals surface area (Å²) in [4.78, 5) is 17.2. The first kappa shape index (κ1) is 12.8. The maximum absolute atomic E-state index is 10.9. The van der Waals surface area contributed by atoms with Crippen LogP contribution in [0.15, 0.2) is 18.3 Å². The predicted octanol–water partition coefficient (Wildman–Crippen LogP) is -0.0770. The van der Waals surface area contributed by atoms with Gasteiger partial charge < -0.3 is 20.7 Å². The molecule has 0 radical (unpaired) electrons. The van der Waals surface area contributed by atoms with Gasteiger partial charge in [-0.1, -0.05) is 0 Å². The highest BCUT2D eigenvalue weighted by molar-refractivity contribution is 5.92. The molecule has 98 valence electrons. The second kappa shape index (κ2) is 5.79. The van der Waals surface area contributed by atoms with E-state index in [-0.39, 0.29) is 6.10 Å². The minimum Gasteiger partial charge on any atom is -0.374 e.